The maximum atomic E-state index is 11.0. The van der Waals surface area contributed by atoms with E-state index in [9.17, 15) is 9.59 Å². The number of pyridine rings is 1. The predicted molar refractivity (Wildman–Crippen MR) is 43.1 cm³/mol. The molecule has 1 N–H and O–H groups in total. The lowest BCUT2D eigenvalue weighted by Crippen LogP contribution is -2.14. The Labute approximate surface area is 73.6 Å². The summed E-state index contributed by atoms with van der Waals surface area (Å²) in [6.45, 7) is 0. The molecule has 0 fully saturated rings. The average molecular weight is 178 g/mol. The third-order valence-corrected chi connectivity index (χ3v) is 1.43. The van der Waals surface area contributed by atoms with E-state index in [1.807, 2.05) is 0 Å². The van der Waals surface area contributed by atoms with Gasteiger partial charge in [-0.2, -0.15) is 5.26 Å². The molecule has 1 aromatic heterocycles. The number of nitrogens with zero attached hydrogens (tertiary/aromatic N) is 1. The van der Waals surface area contributed by atoms with E-state index in [1.165, 1.54) is 19.2 Å². The standard InChI is InChI=1S/C8H6N2O3/c1-13-8(12)7-5(4-9)2-3-6(11)10-7/h2-3H,1H3,(H,10,11). The van der Waals surface area contributed by atoms with Gasteiger partial charge in [0.1, 0.15) is 11.8 Å². The fourth-order valence-corrected chi connectivity index (χ4v) is 0.831. The van der Waals surface area contributed by atoms with Crippen LogP contribution in [0, 0.1) is 11.3 Å². The summed E-state index contributed by atoms with van der Waals surface area (Å²) in [5.74, 6) is -0.728. The van der Waals surface area contributed by atoms with Crippen LogP contribution in [0.25, 0.3) is 0 Å². The van der Waals surface area contributed by atoms with Crippen molar-refractivity contribution >= 4 is 5.97 Å². The average Bonchev–Trinajstić information content (AvgIpc) is 2.16. The summed E-state index contributed by atoms with van der Waals surface area (Å²) in [6.07, 6.45) is 0. The third kappa shape index (κ3) is 1.73. The number of H-pyrrole nitrogens is 1. The maximum Gasteiger partial charge on any atom is 0.355 e. The van der Waals surface area contributed by atoms with Crippen molar-refractivity contribution in [3.05, 3.63) is 33.7 Å². The van der Waals surface area contributed by atoms with Crippen LogP contribution in [-0.4, -0.2) is 18.1 Å². The van der Waals surface area contributed by atoms with Gasteiger partial charge >= 0.3 is 5.97 Å². The molecule has 0 atom stereocenters. The van der Waals surface area contributed by atoms with Gasteiger partial charge in [-0.1, -0.05) is 0 Å². The second-order valence-electron chi connectivity index (χ2n) is 2.21. The lowest BCUT2D eigenvalue weighted by molar-refractivity contribution is 0.0593. The molecule has 0 unspecified atom stereocenters. The molecule has 0 radical (unpaired) electrons. The molecular weight excluding hydrogens is 172 g/mol. The quantitative estimate of drug-likeness (QED) is 0.615. The van der Waals surface area contributed by atoms with Crippen molar-refractivity contribution in [2.24, 2.45) is 0 Å². The van der Waals surface area contributed by atoms with Gasteiger partial charge in [0.25, 0.3) is 0 Å². The largest absolute Gasteiger partial charge is 0.464 e. The first-order valence-corrected chi connectivity index (χ1v) is 3.40. The smallest absolute Gasteiger partial charge is 0.355 e. The Hall–Kier alpha value is -2.09. The van der Waals surface area contributed by atoms with Crippen molar-refractivity contribution < 1.29 is 9.53 Å². The van der Waals surface area contributed by atoms with Crippen molar-refractivity contribution in [3.8, 4) is 6.07 Å². The number of methoxy groups -OCH3 is 1. The van der Waals surface area contributed by atoms with E-state index in [0.717, 1.165) is 0 Å². The predicted octanol–water partition coefficient (Wildman–Crippen LogP) is 0.0332. The number of nitriles is 1. The van der Waals surface area contributed by atoms with Crippen LogP contribution >= 0.6 is 0 Å². The molecule has 13 heavy (non-hydrogen) atoms. The highest BCUT2D eigenvalue weighted by Gasteiger charge is 2.11. The number of aromatic amines is 1. The van der Waals surface area contributed by atoms with E-state index in [1.54, 1.807) is 6.07 Å². The first-order chi connectivity index (χ1) is 6.19. The van der Waals surface area contributed by atoms with E-state index in [4.69, 9.17) is 5.26 Å². The number of rotatable bonds is 1. The molecule has 1 aromatic rings. The van der Waals surface area contributed by atoms with Gasteiger partial charge in [0, 0.05) is 6.07 Å². The number of ether oxygens (including phenoxy) is 1. The van der Waals surface area contributed by atoms with Crippen LogP contribution in [0.3, 0.4) is 0 Å². The van der Waals surface area contributed by atoms with Crippen LogP contribution in [0.2, 0.25) is 0 Å². The van der Waals surface area contributed by atoms with E-state index in [-0.39, 0.29) is 11.3 Å². The normalized spacial score (nSPS) is 8.92. The molecule has 5 heteroatoms. The lowest BCUT2D eigenvalue weighted by Gasteiger charge is -1.99. The number of carbonyl (C=O) groups excluding carboxylic acids is 1. The summed E-state index contributed by atoms with van der Waals surface area (Å²) in [5.41, 5.74) is -0.469. The molecule has 0 saturated heterocycles. The fraction of sp³-hybridized carbons (Fsp3) is 0.125. The number of aromatic nitrogens is 1. The molecule has 0 aliphatic heterocycles. The van der Waals surface area contributed by atoms with Crippen LogP contribution in [0.1, 0.15) is 16.1 Å². The van der Waals surface area contributed by atoms with Gasteiger partial charge in [0.05, 0.1) is 12.7 Å². The second-order valence-corrected chi connectivity index (χ2v) is 2.21. The molecule has 0 spiro atoms. The third-order valence-electron chi connectivity index (χ3n) is 1.43. The van der Waals surface area contributed by atoms with E-state index < -0.39 is 11.5 Å². The van der Waals surface area contributed by atoms with Crippen molar-refractivity contribution in [2.45, 2.75) is 0 Å². The number of hydrogen-bond donors (Lipinski definition) is 1. The van der Waals surface area contributed by atoms with Gasteiger partial charge in [-0.15, -0.1) is 0 Å². The summed E-state index contributed by atoms with van der Waals surface area (Å²) in [4.78, 5) is 24.0. The Morgan fingerprint density at radius 2 is 2.31 bits per heavy atom. The van der Waals surface area contributed by atoms with Gasteiger partial charge in [-0.3, -0.25) is 4.79 Å². The number of hydrogen-bond acceptors (Lipinski definition) is 4. The summed E-state index contributed by atoms with van der Waals surface area (Å²) < 4.78 is 4.37. The Bertz CT molecular complexity index is 428. The molecule has 0 aliphatic carbocycles. The minimum atomic E-state index is -0.728. The van der Waals surface area contributed by atoms with Gasteiger partial charge < -0.3 is 9.72 Å². The second kappa shape index (κ2) is 3.54. The Morgan fingerprint density at radius 3 is 2.85 bits per heavy atom. The molecule has 0 bridgehead atoms. The summed E-state index contributed by atoms with van der Waals surface area (Å²) in [6, 6.07) is 4.21. The van der Waals surface area contributed by atoms with Crippen molar-refractivity contribution in [1.82, 2.24) is 4.98 Å². The molecule has 1 rings (SSSR count). The summed E-state index contributed by atoms with van der Waals surface area (Å²) >= 11 is 0. The molecule has 0 aromatic carbocycles. The minimum Gasteiger partial charge on any atom is -0.464 e. The van der Waals surface area contributed by atoms with Crippen LogP contribution in [-0.2, 0) is 4.74 Å². The molecular formula is C8H6N2O3. The van der Waals surface area contributed by atoms with E-state index in [0.29, 0.717) is 0 Å². The van der Waals surface area contributed by atoms with Gasteiger partial charge in [0.2, 0.25) is 5.56 Å². The first kappa shape index (κ1) is 9.00. The Morgan fingerprint density at radius 1 is 1.62 bits per heavy atom. The zero-order valence-electron chi connectivity index (χ0n) is 6.83. The Kier molecular flexibility index (Phi) is 2.45. The van der Waals surface area contributed by atoms with Crippen molar-refractivity contribution in [1.29, 1.82) is 5.26 Å². The number of carbonyl (C=O) groups is 1. The monoisotopic (exact) mass is 178 g/mol. The first-order valence-electron chi connectivity index (χ1n) is 3.40. The molecule has 0 amide bonds. The van der Waals surface area contributed by atoms with E-state index >= 15 is 0 Å². The maximum absolute atomic E-state index is 11.0. The van der Waals surface area contributed by atoms with Crippen LogP contribution in [0.15, 0.2) is 16.9 Å². The van der Waals surface area contributed by atoms with Crippen LogP contribution in [0.5, 0.6) is 0 Å². The summed E-state index contributed by atoms with van der Waals surface area (Å²) in [5, 5.41) is 8.57. The van der Waals surface area contributed by atoms with Gasteiger partial charge in [0.15, 0.2) is 0 Å². The van der Waals surface area contributed by atoms with Crippen molar-refractivity contribution in [3.63, 3.8) is 0 Å². The summed E-state index contributed by atoms with van der Waals surface area (Å²) in [7, 11) is 1.18. The number of nitrogens with one attached hydrogen (secondary N) is 1. The minimum absolute atomic E-state index is 0.0893. The van der Waals surface area contributed by atoms with Gasteiger partial charge in [-0.05, 0) is 6.07 Å². The highest BCUT2D eigenvalue weighted by molar-refractivity contribution is 5.89. The molecule has 1 heterocycles. The molecule has 0 saturated carbocycles. The highest BCUT2D eigenvalue weighted by atomic mass is 16.5. The lowest BCUT2D eigenvalue weighted by atomic mass is 10.2. The molecule has 66 valence electrons. The number of esters is 1. The fourth-order valence-electron chi connectivity index (χ4n) is 0.831. The van der Waals surface area contributed by atoms with Crippen LogP contribution in [0.4, 0.5) is 0 Å². The zero-order valence-corrected chi connectivity index (χ0v) is 6.83. The zero-order chi connectivity index (χ0) is 9.84. The molecule has 0 aliphatic rings. The molecule has 5 nitrogen and oxygen atoms in total. The SMILES string of the molecule is COC(=O)c1[nH]c(=O)ccc1C#N. The van der Waals surface area contributed by atoms with E-state index in [2.05, 4.69) is 9.72 Å². The topological polar surface area (TPSA) is 83.0 Å². The van der Waals surface area contributed by atoms with Crippen molar-refractivity contribution in [2.75, 3.05) is 7.11 Å². The highest BCUT2D eigenvalue weighted by Crippen LogP contribution is 2.02. The van der Waals surface area contributed by atoms with Crippen LogP contribution < -0.4 is 5.56 Å². The van der Waals surface area contributed by atoms with Gasteiger partial charge in [-0.25, -0.2) is 4.79 Å². The Balaban J connectivity index is 3.34.